The van der Waals surface area contributed by atoms with Crippen LogP contribution in [0, 0.1) is 12.7 Å². The van der Waals surface area contributed by atoms with Crippen molar-refractivity contribution in [1.29, 1.82) is 0 Å². The highest BCUT2D eigenvalue weighted by Gasteiger charge is 2.45. The monoisotopic (exact) mass is 273 g/mol. The first-order valence-electron chi connectivity index (χ1n) is 5.86. The second kappa shape index (κ2) is 5.38. The van der Waals surface area contributed by atoms with Crippen molar-refractivity contribution in [3.63, 3.8) is 0 Å². The molecule has 0 amide bonds. The van der Waals surface area contributed by atoms with Gasteiger partial charge in [-0.2, -0.15) is 0 Å². The molecule has 0 spiro atoms. The van der Waals surface area contributed by atoms with Crippen LogP contribution in [0.3, 0.4) is 0 Å². The summed E-state index contributed by atoms with van der Waals surface area (Å²) in [4.78, 5) is 13.7. The quantitative estimate of drug-likeness (QED) is 0.699. The molecule has 0 saturated carbocycles. The van der Waals surface area contributed by atoms with Gasteiger partial charge in [0, 0.05) is 18.9 Å². The van der Waals surface area contributed by atoms with Gasteiger partial charge < -0.3 is 24.7 Å². The molecule has 1 fully saturated rings. The average molecular weight is 273 g/mol. The lowest BCUT2D eigenvalue weighted by atomic mass is 10.0. The molecule has 0 aliphatic carbocycles. The fraction of sp³-hybridized carbons (Fsp3) is 0.583. The molecule has 1 saturated heterocycles. The summed E-state index contributed by atoms with van der Waals surface area (Å²) in [6.07, 6.45) is -2.40. The van der Waals surface area contributed by atoms with E-state index in [1.54, 1.807) is 0 Å². The Kier molecular flexibility index (Phi) is 4.00. The minimum absolute atomic E-state index is 0.0575. The SMILES string of the molecule is COC1C(c2c[nH]c(=O)c(C)c2F)OC(CO)C1O. The van der Waals surface area contributed by atoms with E-state index in [-0.39, 0.29) is 11.1 Å². The van der Waals surface area contributed by atoms with Gasteiger partial charge in [-0.3, -0.25) is 4.79 Å². The van der Waals surface area contributed by atoms with Gasteiger partial charge in [-0.25, -0.2) is 4.39 Å². The normalized spacial score (nSPS) is 30.8. The van der Waals surface area contributed by atoms with Crippen LogP contribution in [-0.2, 0) is 9.47 Å². The van der Waals surface area contributed by atoms with Crippen molar-refractivity contribution in [3.8, 4) is 0 Å². The summed E-state index contributed by atoms with van der Waals surface area (Å²) in [5.41, 5.74) is -0.482. The molecule has 0 radical (unpaired) electrons. The second-order valence-corrected chi connectivity index (χ2v) is 4.48. The number of nitrogens with one attached hydrogen (secondary N) is 1. The Bertz CT molecular complexity index is 517. The number of H-pyrrole nitrogens is 1. The highest BCUT2D eigenvalue weighted by molar-refractivity contribution is 5.24. The number of ether oxygens (including phenoxy) is 2. The molecular weight excluding hydrogens is 257 g/mol. The summed E-state index contributed by atoms with van der Waals surface area (Å²) in [7, 11) is 1.36. The van der Waals surface area contributed by atoms with E-state index in [4.69, 9.17) is 14.6 Å². The molecule has 1 aliphatic rings. The van der Waals surface area contributed by atoms with Crippen LogP contribution in [0.25, 0.3) is 0 Å². The lowest BCUT2D eigenvalue weighted by Crippen LogP contribution is -2.34. The smallest absolute Gasteiger partial charge is 0.253 e. The van der Waals surface area contributed by atoms with Crippen LogP contribution in [0.1, 0.15) is 17.2 Å². The number of rotatable bonds is 3. The zero-order valence-electron chi connectivity index (χ0n) is 10.6. The molecular formula is C12H16FNO5. The predicted molar refractivity (Wildman–Crippen MR) is 63.3 cm³/mol. The lowest BCUT2D eigenvalue weighted by Gasteiger charge is -2.19. The fourth-order valence-corrected chi connectivity index (χ4v) is 2.24. The first-order chi connectivity index (χ1) is 9.01. The number of aliphatic hydroxyl groups is 2. The minimum Gasteiger partial charge on any atom is -0.394 e. The third-order valence-electron chi connectivity index (χ3n) is 3.38. The van der Waals surface area contributed by atoms with Crippen molar-refractivity contribution in [2.24, 2.45) is 0 Å². The zero-order chi connectivity index (χ0) is 14.2. The van der Waals surface area contributed by atoms with Crippen LogP contribution in [0.2, 0.25) is 0 Å². The number of aliphatic hydroxyl groups excluding tert-OH is 2. The molecule has 1 aromatic heterocycles. The van der Waals surface area contributed by atoms with Crippen LogP contribution < -0.4 is 5.56 Å². The Labute approximate surface area is 108 Å². The van der Waals surface area contributed by atoms with E-state index >= 15 is 0 Å². The van der Waals surface area contributed by atoms with E-state index < -0.39 is 42.4 Å². The Morgan fingerprint density at radius 2 is 2.26 bits per heavy atom. The molecule has 1 aliphatic heterocycles. The van der Waals surface area contributed by atoms with Crippen molar-refractivity contribution < 1.29 is 24.1 Å². The van der Waals surface area contributed by atoms with Crippen molar-refractivity contribution in [1.82, 2.24) is 4.98 Å². The van der Waals surface area contributed by atoms with Crippen molar-refractivity contribution in [2.45, 2.75) is 31.3 Å². The topological polar surface area (TPSA) is 91.8 Å². The summed E-state index contributed by atoms with van der Waals surface area (Å²) >= 11 is 0. The molecule has 4 unspecified atom stereocenters. The average Bonchev–Trinajstić information content (AvgIpc) is 2.72. The van der Waals surface area contributed by atoms with E-state index in [0.29, 0.717) is 0 Å². The third-order valence-corrected chi connectivity index (χ3v) is 3.38. The molecule has 2 rings (SSSR count). The molecule has 106 valence electrons. The number of hydrogen-bond donors (Lipinski definition) is 3. The number of aromatic amines is 1. The number of aromatic nitrogens is 1. The van der Waals surface area contributed by atoms with Crippen molar-refractivity contribution in [2.75, 3.05) is 13.7 Å². The Morgan fingerprint density at radius 3 is 2.84 bits per heavy atom. The number of methoxy groups -OCH3 is 1. The highest BCUT2D eigenvalue weighted by Crippen LogP contribution is 2.36. The molecule has 19 heavy (non-hydrogen) atoms. The van der Waals surface area contributed by atoms with Gasteiger partial charge >= 0.3 is 0 Å². The first kappa shape index (κ1) is 14.1. The van der Waals surface area contributed by atoms with Crippen LogP contribution in [0.5, 0.6) is 0 Å². The van der Waals surface area contributed by atoms with Crippen LogP contribution in [-0.4, -0.2) is 47.2 Å². The van der Waals surface area contributed by atoms with Crippen molar-refractivity contribution >= 4 is 0 Å². The summed E-state index contributed by atoms with van der Waals surface area (Å²) < 4.78 is 24.6. The van der Waals surface area contributed by atoms with E-state index in [1.165, 1.54) is 20.2 Å². The van der Waals surface area contributed by atoms with Crippen LogP contribution >= 0.6 is 0 Å². The molecule has 0 aromatic carbocycles. The van der Waals surface area contributed by atoms with Gasteiger partial charge in [-0.05, 0) is 6.92 Å². The Morgan fingerprint density at radius 1 is 1.58 bits per heavy atom. The summed E-state index contributed by atoms with van der Waals surface area (Å²) in [6.45, 7) is 0.954. The van der Waals surface area contributed by atoms with E-state index in [9.17, 15) is 14.3 Å². The standard InChI is InChI=1S/C12H16FNO5/c1-5-8(13)6(3-14-12(5)17)10-11(18-2)9(16)7(4-15)19-10/h3,7,9-11,15-16H,4H2,1-2H3,(H,14,17). The zero-order valence-corrected chi connectivity index (χ0v) is 10.6. The number of halogens is 1. The van der Waals surface area contributed by atoms with Gasteiger partial charge in [0.1, 0.15) is 30.2 Å². The van der Waals surface area contributed by atoms with Gasteiger partial charge in [0.05, 0.1) is 12.2 Å². The Hall–Kier alpha value is -1.28. The van der Waals surface area contributed by atoms with Crippen molar-refractivity contribution in [3.05, 3.63) is 33.5 Å². The molecule has 1 aromatic rings. The summed E-state index contributed by atoms with van der Waals surface area (Å²) in [5.74, 6) is -0.693. The van der Waals surface area contributed by atoms with Crippen LogP contribution in [0.4, 0.5) is 4.39 Å². The van der Waals surface area contributed by atoms with E-state index in [0.717, 1.165) is 0 Å². The van der Waals surface area contributed by atoms with Crippen LogP contribution in [0.15, 0.2) is 11.0 Å². The minimum atomic E-state index is -1.06. The Balaban J connectivity index is 2.41. The molecule has 6 nitrogen and oxygen atoms in total. The second-order valence-electron chi connectivity index (χ2n) is 4.48. The van der Waals surface area contributed by atoms with Gasteiger partial charge in [-0.1, -0.05) is 0 Å². The molecule has 4 atom stereocenters. The lowest BCUT2D eigenvalue weighted by molar-refractivity contribution is -0.0247. The maximum absolute atomic E-state index is 14.1. The van der Waals surface area contributed by atoms with Gasteiger partial charge in [0.2, 0.25) is 0 Å². The number of hydrogen-bond acceptors (Lipinski definition) is 5. The number of pyridine rings is 1. The van der Waals surface area contributed by atoms with E-state index in [2.05, 4.69) is 4.98 Å². The summed E-state index contributed by atoms with van der Waals surface area (Å²) in [5, 5.41) is 19.0. The maximum Gasteiger partial charge on any atom is 0.253 e. The third kappa shape index (κ3) is 2.30. The van der Waals surface area contributed by atoms with E-state index in [1.807, 2.05) is 0 Å². The maximum atomic E-state index is 14.1. The molecule has 7 heteroatoms. The molecule has 3 N–H and O–H groups in total. The molecule has 2 heterocycles. The van der Waals surface area contributed by atoms with Gasteiger partial charge in [-0.15, -0.1) is 0 Å². The largest absolute Gasteiger partial charge is 0.394 e. The first-order valence-corrected chi connectivity index (χ1v) is 5.86. The van der Waals surface area contributed by atoms with Gasteiger partial charge in [0.25, 0.3) is 5.56 Å². The highest BCUT2D eigenvalue weighted by atomic mass is 19.1. The predicted octanol–water partition coefficient (Wildman–Crippen LogP) is -0.369. The fourth-order valence-electron chi connectivity index (χ4n) is 2.24. The van der Waals surface area contributed by atoms with Gasteiger partial charge in [0.15, 0.2) is 0 Å². The molecule has 0 bridgehead atoms. The summed E-state index contributed by atoms with van der Waals surface area (Å²) in [6, 6.07) is 0.